The fourth-order valence-corrected chi connectivity index (χ4v) is 1.99. The molecule has 0 unspecified atom stereocenters. The second-order valence-electron chi connectivity index (χ2n) is 4.36. The number of nitrogens with one attached hydrogen (secondary N) is 1. The van der Waals surface area contributed by atoms with Crippen molar-refractivity contribution in [1.29, 1.82) is 0 Å². The van der Waals surface area contributed by atoms with Crippen molar-refractivity contribution in [2.45, 2.75) is 6.92 Å². The highest BCUT2D eigenvalue weighted by atomic mass is 35.5. The molecule has 0 spiro atoms. The lowest BCUT2D eigenvalue weighted by Crippen LogP contribution is -2.12. The van der Waals surface area contributed by atoms with Gasteiger partial charge < -0.3 is 5.32 Å². The maximum Gasteiger partial charge on any atom is 0.304 e. The zero-order chi connectivity index (χ0) is 15.6. The lowest BCUT2D eigenvalue weighted by atomic mass is 10.1. The van der Waals surface area contributed by atoms with Gasteiger partial charge in [0.15, 0.2) is 0 Å². The molecule has 0 aliphatic carbocycles. The summed E-state index contributed by atoms with van der Waals surface area (Å²) >= 11 is 5.98. The number of anilines is 1. The SMILES string of the molecule is Cc1ccc(NC(=O)c2ccc([N+](=O)[O-])c(F)c2)c(Cl)c1. The van der Waals surface area contributed by atoms with E-state index in [0.29, 0.717) is 10.7 Å². The smallest absolute Gasteiger partial charge is 0.304 e. The van der Waals surface area contributed by atoms with Gasteiger partial charge in [-0.15, -0.1) is 0 Å². The molecule has 0 aromatic heterocycles. The van der Waals surface area contributed by atoms with Crippen LogP contribution >= 0.6 is 11.6 Å². The van der Waals surface area contributed by atoms with Crippen LogP contribution in [0.25, 0.3) is 0 Å². The van der Waals surface area contributed by atoms with Gasteiger partial charge in [-0.2, -0.15) is 4.39 Å². The van der Waals surface area contributed by atoms with Crippen LogP contribution in [0.5, 0.6) is 0 Å². The van der Waals surface area contributed by atoms with E-state index in [2.05, 4.69) is 5.32 Å². The molecule has 2 aromatic carbocycles. The number of aryl methyl sites for hydroxylation is 1. The summed E-state index contributed by atoms with van der Waals surface area (Å²) in [6, 6.07) is 8.00. The highest BCUT2D eigenvalue weighted by Gasteiger charge is 2.17. The fraction of sp³-hybridized carbons (Fsp3) is 0.0714. The van der Waals surface area contributed by atoms with E-state index in [9.17, 15) is 19.3 Å². The first kappa shape index (κ1) is 14.9. The Morgan fingerprint density at radius 1 is 1.29 bits per heavy atom. The summed E-state index contributed by atoms with van der Waals surface area (Å²) in [7, 11) is 0. The van der Waals surface area contributed by atoms with Crippen LogP contribution in [-0.4, -0.2) is 10.8 Å². The lowest BCUT2D eigenvalue weighted by Gasteiger charge is -2.08. The van der Waals surface area contributed by atoms with Crippen LogP contribution in [0.2, 0.25) is 5.02 Å². The lowest BCUT2D eigenvalue weighted by molar-refractivity contribution is -0.387. The molecule has 2 rings (SSSR count). The summed E-state index contributed by atoms with van der Waals surface area (Å²) < 4.78 is 13.5. The average Bonchev–Trinajstić information content (AvgIpc) is 2.41. The largest absolute Gasteiger partial charge is 0.321 e. The Labute approximate surface area is 124 Å². The van der Waals surface area contributed by atoms with Gasteiger partial charge in [0.1, 0.15) is 0 Å². The van der Waals surface area contributed by atoms with E-state index >= 15 is 0 Å². The van der Waals surface area contributed by atoms with Crippen molar-refractivity contribution in [2.24, 2.45) is 0 Å². The molecule has 0 saturated carbocycles. The van der Waals surface area contributed by atoms with Gasteiger partial charge in [-0.1, -0.05) is 17.7 Å². The number of amides is 1. The first-order chi connectivity index (χ1) is 9.88. The van der Waals surface area contributed by atoms with Crippen molar-refractivity contribution >= 4 is 28.9 Å². The third-order valence-corrected chi connectivity index (χ3v) is 3.09. The maximum absolute atomic E-state index is 13.5. The topological polar surface area (TPSA) is 72.2 Å². The van der Waals surface area contributed by atoms with Gasteiger partial charge in [-0.3, -0.25) is 14.9 Å². The first-order valence-electron chi connectivity index (χ1n) is 5.90. The van der Waals surface area contributed by atoms with Gasteiger partial charge in [0.2, 0.25) is 5.82 Å². The number of halogens is 2. The molecule has 7 heteroatoms. The molecule has 21 heavy (non-hydrogen) atoms. The minimum atomic E-state index is -1.07. The molecule has 108 valence electrons. The predicted molar refractivity (Wildman–Crippen MR) is 77.2 cm³/mol. The van der Waals surface area contributed by atoms with E-state index < -0.39 is 22.3 Å². The molecular formula is C14H10ClFN2O3. The third-order valence-electron chi connectivity index (χ3n) is 2.78. The van der Waals surface area contributed by atoms with E-state index in [1.165, 1.54) is 6.07 Å². The van der Waals surface area contributed by atoms with Crippen LogP contribution in [0, 0.1) is 22.9 Å². The molecule has 0 aliphatic heterocycles. The fourth-order valence-electron chi connectivity index (χ4n) is 1.71. The molecule has 0 atom stereocenters. The average molecular weight is 309 g/mol. The van der Waals surface area contributed by atoms with E-state index in [1.807, 2.05) is 6.92 Å². The minimum absolute atomic E-state index is 0.0326. The number of rotatable bonds is 3. The highest BCUT2D eigenvalue weighted by molar-refractivity contribution is 6.34. The van der Waals surface area contributed by atoms with Crippen LogP contribution in [0.4, 0.5) is 15.8 Å². The molecule has 1 amide bonds. The molecular weight excluding hydrogens is 299 g/mol. The number of benzene rings is 2. The molecule has 5 nitrogen and oxygen atoms in total. The number of hydrogen-bond donors (Lipinski definition) is 1. The number of nitro groups is 1. The van der Waals surface area contributed by atoms with E-state index in [4.69, 9.17) is 11.6 Å². The van der Waals surface area contributed by atoms with Crippen LogP contribution in [0.1, 0.15) is 15.9 Å². The van der Waals surface area contributed by atoms with E-state index in [1.54, 1.807) is 18.2 Å². The van der Waals surface area contributed by atoms with Crippen molar-refractivity contribution in [3.8, 4) is 0 Å². The van der Waals surface area contributed by atoms with Gasteiger partial charge >= 0.3 is 5.69 Å². The zero-order valence-electron chi connectivity index (χ0n) is 10.9. The molecule has 0 aliphatic rings. The normalized spacial score (nSPS) is 10.2. The molecule has 0 bridgehead atoms. The van der Waals surface area contributed by atoms with Crippen molar-refractivity contribution in [2.75, 3.05) is 5.32 Å². The van der Waals surface area contributed by atoms with Crippen molar-refractivity contribution in [1.82, 2.24) is 0 Å². The molecule has 0 saturated heterocycles. The van der Waals surface area contributed by atoms with Crippen molar-refractivity contribution < 1.29 is 14.1 Å². The van der Waals surface area contributed by atoms with Crippen LogP contribution in [0.15, 0.2) is 36.4 Å². The quantitative estimate of drug-likeness (QED) is 0.689. The van der Waals surface area contributed by atoms with Crippen LogP contribution < -0.4 is 5.32 Å². The highest BCUT2D eigenvalue weighted by Crippen LogP contribution is 2.24. The summed E-state index contributed by atoms with van der Waals surface area (Å²) in [6.07, 6.45) is 0. The second-order valence-corrected chi connectivity index (χ2v) is 4.77. The molecule has 0 heterocycles. The van der Waals surface area contributed by atoms with Gasteiger partial charge in [-0.25, -0.2) is 0 Å². The number of hydrogen-bond acceptors (Lipinski definition) is 3. The van der Waals surface area contributed by atoms with Gasteiger partial charge in [0, 0.05) is 11.6 Å². The summed E-state index contributed by atoms with van der Waals surface area (Å²) in [4.78, 5) is 21.6. The van der Waals surface area contributed by atoms with Crippen molar-refractivity contribution in [3.05, 3.63) is 68.5 Å². The monoisotopic (exact) mass is 308 g/mol. The summed E-state index contributed by atoms with van der Waals surface area (Å²) in [5.74, 6) is -1.67. The Bertz CT molecular complexity index is 734. The van der Waals surface area contributed by atoms with E-state index in [-0.39, 0.29) is 5.56 Å². The van der Waals surface area contributed by atoms with Gasteiger partial charge in [0.05, 0.1) is 15.6 Å². The molecule has 2 aromatic rings. The summed E-state index contributed by atoms with van der Waals surface area (Å²) in [6.45, 7) is 1.85. The third kappa shape index (κ3) is 3.35. The number of carbonyl (C=O) groups is 1. The number of carbonyl (C=O) groups excluding carboxylic acids is 1. The van der Waals surface area contributed by atoms with Gasteiger partial charge in [0.25, 0.3) is 5.91 Å². The molecule has 0 radical (unpaired) electrons. The first-order valence-corrected chi connectivity index (χ1v) is 6.27. The summed E-state index contributed by atoms with van der Waals surface area (Å²) in [5.41, 5.74) is 0.597. The Morgan fingerprint density at radius 3 is 2.57 bits per heavy atom. The predicted octanol–water partition coefficient (Wildman–Crippen LogP) is 3.95. The Kier molecular flexibility index (Phi) is 4.18. The maximum atomic E-state index is 13.5. The zero-order valence-corrected chi connectivity index (χ0v) is 11.6. The Morgan fingerprint density at radius 2 is 2.00 bits per heavy atom. The van der Waals surface area contributed by atoms with Crippen LogP contribution in [0.3, 0.4) is 0 Å². The molecule has 1 N–H and O–H groups in total. The number of nitro benzene ring substituents is 1. The second kappa shape index (κ2) is 5.88. The minimum Gasteiger partial charge on any atom is -0.321 e. The van der Waals surface area contributed by atoms with Gasteiger partial charge in [-0.05, 0) is 36.8 Å². The Hall–Kier alpha value is -2.47. The molecule has 0 fully saturated rings. The van der Waals surface area contributed by atoms with Crippen LogP contribution in [-0.2, 0) is 0 Å². The Balaban J connectivity index is 2.24. The van der Waals surface area contributed by atoms with Crippen molar-refractivity contribution in [3.63, 3.8) is 0 Å². The standard InChI is InChI=1S/C14H10ClFN2O3/c1-8-2-4-12(10(15)6-8)17-14(19)9-3-5-13(18(20)21)11(16)7-9/h2-7H,1H3,(H,17,19). The van der Waals surface area contributed by atoms with E-state index in [0.717, 1.165) is 17.7 Å². The number of nitrogens with zero attached hydrogens (tertiary/aromatic N) is 1. The summed E-state index contributed by atoms with van der Waals surface area (Å²) in [5, 5.41) is 13.4.